The fraction of sp³-hybridized carbons (Fsp3) is 0.130. The molecule has 0 saturated heterocycles. The van der Waals surface area contributed by atoms with Crippen molar-refractivity contribution in [1.82, 2.24) is 20.1 Å². The van der Waals surface area contributed by atoms with Crippen LogP contribution >= 0.6 is 11.3 Å². The van der Waals surface area contributed by atoms with Crippen LogP contribution in [-0.2, 0) is 0 Å². The lowest BCUT2D eigenvalue weighted by atomic mass is 10.1. The quantitative estimate of drug-likeness (QED) is 0.482. The highest BCUT2D eigenvalue weighted by Gasteiger charge is 2.25. The average molecular weight is 430 g/mol. The van der Waals surface area contributed by atoms with Crippen LogP contribution in [0.3, 0.4) is 0 Å². The van der Waals surface area contributed by atoms with E-state index < -0.39 is 0 Å². The maximum atomic E-state index is 12.8. The Morgan fingerprint density at radius 2 is 1.77 bits per heavy atom. The smallest absolute Gasteiger partial charge is 0.275 e. The number of carbonyl (C=O) groups is 2. The number of benzene rings is 2. The molecule has 0 spiro atoms. The third kappa shape index (κ3) is 4.24. The Kier molecular flexibility index (Phi) is 5.05. The second-order valence-electron chi connectivity index (χ2n) is 7.29. The van der Waals surface area contributed by atoms with Gasteiger partial charge in [-0.1, -0.05) is 30.3 Å². The molecule has 0 aliphatic heterocycles. The van der Waals surface area contributed by atoms with Crippen molar-refractivity contribution in [3.05, 3.63) is 83.6 Å². The molecule has 0 unspecified atom stereocenters. The van der Waals surface area contributed by atoms with E-state index in [2.05, 4.69) is 20.7 Å². The summed E-state index contributed by atoms with van der Waals surface area (Å²) < 4.78 is 1.77. The van der Waals surface area contributed by atoms with E-state index in [-0.39, 0.29) is 17.9 Å². The van der Waals surface area contributed by atoms with Gasteiger partial charge in [-0.05, 0) is 37.1 Å². The van der Waals surface area contributed by atoms with Crippen molar-refractivity contribution >= 4 is 28.8 Å². The SMILES string of the molecule is O=C(Nc1ccccc1C(=O)NC1CC1)c1csc(-c2cnn(-c3ccccc3)c2)n1. The zero-order valence-corrected chi connectivity index (χ0v) is 17.3. The van der Waals surface area contributed by atoms with Gasteiger partial charge in [-0.2, -0.15) is 5.10 Å². The molecule has 2 amide bonds. The summed E-state index contributed by atoms with van der Waals surface area (Å²) in [6.07, 6.45) is 5.61. The molecule has 1 saturated carbocycles. The zero-order valence-electron chi connectivity index (χ0n) is 16.5. The first-order valence-corrected chi connectivity index (χ1v) is 10.8. The summed E-state index contributed by atoms with van der Waals surface area (Å²) in [5, 5.41) is 12.6. The molecule has 4 aromatic rings. The van der Waals surface area contributed by atoms with Crippen LogP contribution in [0.1, 0.15) is 33.7 Å². The van der Waals surface area contributed by atoms with Crippen LogP contribution in [0.25, 0.3) is 16.3 Å². The predicted molar refractivity (Wildman–Crippen MR) is 120 cm³/mol. The van der Waals surface area contributed by atoms with E-state index in [1.165, 1.54) is 11.3 Å². The number of rotatable bonds is 6. The number of nitrogens with zero attached hydrogens (tertiary/aromatic N) is 3. The second-order valence-corrected chi connectivity index (χ2v) is 8.15. The highest BCUT2D eigenvalue weighted by atomic mass is 32.1. The standard InChI is InChI=1S/C23H19N5O2S/c29-21(25-16-10-11-16)18-8-4-5-9-19(18)26-22(30)20-14-31-23(27-20)15-12-24-28(13-15)17-6-2-1-3-7-17/h1-9,12-14,16H,10-11H2,(H,25,29)(H,26,30). The Bertz CT molecular complexity index is 1240. The lowest BCUT2D eigenvalue weighted by Crippen LogP contribution is -2.27. The highest BCUT2D eigenvalue weighted by molar-refractivity contribution is 7.13. The highest BCUT2D eigenvalue weighted by Crippen LogP contribution is 2.26. The molecular weight excluding hydrogens is 410 g/mol. The van der Waals surface area contributed by atoms with Gasteiger partial charge < -0.3 is 10.6 Å². The van der Waals surface area contributed by atoms with Crippen LogP contribution in [0.5, 0.6) is 0 Å². The first kappa shape index (κ1) is 19.2. The van der Waals surface area contributed by atoms with E-state index in [1.807, 2.05) is 36.5 Å². The Labute approximate surface area is 182 Å². The fourth-order valence-electron chi connectivity index (χ4n) is 3.13. The number of para-hydroxylation sites is 2. The molecule has 1 aliphatic carbocycles. The fourth-order valence-corrected chi connectivity index (χ4v) is 3.91. The van der Waals surface area contributed by atoms with E-state index in [0.29, 0.717) is 22.0 Å². The van der Waals surface area contributed by atoms with Crippen molar-refractivity contribution < 1.29 is 9.59 Å². The minimum absolute atomic E-state index is 0.175. The van der Waals surface area contributed by atoms with Crippen molar-refractivity contribution in [2.45, 2.75) is 18.9 Å². The topological polar surface area (TPSA) is 88.9 Å². The molecular formula is C23H19N5O2S. The van der Waals surface area contributed by atoms with E-state index in [4.69, 9.17) is 0 Å². The number of amides is 2. The van der Waals surface area contributed by atoms with Gasteiger partial charge in [-0.3, -0.25) is 9.59 Å². The first-order chi connectivity index (χ1) is 15.2. The Hall–Kier alpha value is -3.78. The van der Waals surface area contributed by atoms with Gasteiger partial charge in [0.1, 0.15) is 10.7 Å². The Balaban J connectivity index is 1.32. The van der Waals surface area contributed by atoms with E-state index in [0.717, 1.165) is 24.1 Å². The van der Waals surface area contributed by atoms with Crippen molar-refractivity contribution in [2.24, 2.45) is 0 Å². The summed E-state index contributed by atoms with van der Waals surface area (Å²) >= 11 is 1.37. The van der Waals surface area contributed by atoms with Crippen molar-refractivity contribution in [3.8, 4) is 16.3 Å². The zero-order chi connectivity index (χ0) is 21.2. The lowest BCUT2D eigenvalue weighted by Gasteiger charge is -2.10. The molecule has 31 heavy (non-hydrogen) atoms. The molecule has 8 heteroatoms. The summed E-state index contributed by atoms with van der Waals surface area (Å²) in [7, 11) is 0. The van der Waals surface area contributed by atoms with Crippen LogP contribution in [0.2, 0.25) is 0 Å². The largest absolute Gasteiger partial charge is 0.349 e. The van der Waals surface area contributed by atoms with E-state index in [9.17, 15) is 9.59 Å². The Morgan fingerprint density at radius 3 is 2.58 bits per heavy atom. The molecule has 154 valence electrons. The molecule has 1 aliphatic rings. The lowest BCUT2D eigenvalue weighted by molar-refractivity contribution is 0.0952. The predicted octanol–water partition coefficient (Wildman–Crippen LogP) is 4.14. The normalized spacial score (nSPS) is 13.0. The molecule has 1 fully saturated rings. The summed E-state index contributed by atoms with van der Waals surface area (Å²) in [6.45, 7) is 0. The molecule has 2 heterocycles. The van der Waals surface area contributed by atoms with Crippen LogP contribution in [-0.4, -0.2) is 32.6 Å². The minimum Gasteiger partial charge on any atom is -0.349 e. The molecule has 5 rings (SSSR count). The van der Waals surface area contributed by atoms with Crippen molar-refractivity contribution in [1.29, 1.82) is 0 Å². The van der Waals surface area contributed by atoms with E-state index >= 15 is 0 Å². The van der Waals surface area contributed by atoms with Crippen LogP contribution in [0.4, 0.5) is 5.69 Å². The van der Waals surface area contributed by atoms with E-state index in [1.54, 1.807) is 40.5 Å². The van der Waals surface area contributed by atoms with Crippen molar-refractivity contribution in [3.63, 3.8) is 0 Å². The number of carbonyl (C=O) groups excluding carboxylic acids is 2. The minimum atomic E-state index is -0.357. The van der Waals surface area contributed by atoms with Gasteiger partial charge in [0.25, 0.3) is 11.8 Å². The van der Waals surface area contributed by atoms with Gasteiger partial charge in [-0.15, -0.1) is 11.3 Å². The van der Waals surface area contributed by atoms with Gasteiger partial charge in [0, 0.05) is 23.2 Å². The van der Waals surface area contributed by atoms with Gasteiger partial charge in [0.05, 0.1) is 23.1 Å². The maximum absolute atomic E-state index is 12.8. The molecule has 2 N–H and O–H groups in total. The summed E-state index contributed by atoms with van der Waals surface area (Å²) in [6, 6.07) is 17.0. The molecule has 0 radical (unpaired) electrons. The number of nitrogens with one attached hydrogen (secondary N) is 2. The maximum Gasteiger partial charge on any atom is 0.275 e. The third-order valence-corrected chi connectivity index (χ3v) is 5.81. The number of thiazole rings is 1. The molecule has 0 bridgehead atoms. The monoisotopic (exact) mass is 429 g/mol. The van der Waals surface area contributed by atoms with Crippen LogP contribution in [0, 0.1) is 0 Å². The first-order valence-electron chi connectivity index (χ1n) is 9.94. The van der Waals surface area contributed by atoms with Gasteiger partial charge in [-0.25, -0.2) is 9.67 Å². The third-order valence-electron chi connectivity index (χ3n) is 4.92. The molecule has 7 nitrogen and oxygen atoms in total. The summed E-state index contributed by atoms with van der Waals surface area (Å²) in [5.74, 6) is -0.532. The number of anilines is 1. The van der Waals surface area contributed by atoms with Crippen LogP contribution in [0.15, 0.2) is 72.4 Å². The number of hydrogen-bond donors (Lipinski definition) is 2. The molecule has 2 aromatic heterocycles. The van der Waals surface area contributed by atoms with Crippen LogP contribution < -0.4 is 10.6 Å². The van der Waals surface area contributed by atoms with Crippen molar-refractivity contribution in [2.75, 3.05) is 5.32 Å². The Morgan fingerprint density at radius 1 is 1.00 bits per heavy atom. The number of aromatic nitrogens is 3. The molecule has 2 aromatic carbocycles. The number of hydrogen-bond acceptors (Lipinski definition) is 5. The molecule has 0 atom stereocenters. The average Bonchev–Trinajstić information content (AvgIpc) is 3.27. The summed E-state index contributed by atoms with van der Waals surface area (Å²) in [5.41, 5.74) is 2.99. The van der Waals surface area contributed by atoms with Gasteiger partial charge in [0.15, 0.2) is 0 Å². The van der Waals surface area contributed by atoms with Gasteiger partial charge >= 0.3 is 0 Å². The van der Waals surface area contributed by atoms with Gasteiger partial charge in [0.2, 0.25) is 0 Å². The second kappa shape index (κ2) is 8.16. The summed E-state index contributed by atoms with van der Waals surface area (Å²) in [4.78, 5) is 29.7.